The van der Waals surface area contributed by atoms with Crippen LogP contribution in [0.25, 0.3) is 0 Å². The smallest absolute Gasteiger partial charge is 0.338 e. The number of ether oxygens (including phenoxy) is 4. The summed E-state index contributed by atoms with van der Waals surface area (Å²) in [6.45, 7) is 0. The second-order valence-electron chi connectivity index (χ2n) is 12.4. The van der Waals surface area contributed by atoms with Crippen LogP contribution < -0.4 is 0 Å². The lowest BCUT2D eigenvalue weighted by atomic mass is 9.83. The van der Waals surface area contributed by atoms with Crippen molar-refractivity contribution in [3.8, 4) is 0 Å². The van der Waals surface area contributed by atoms with E-state index in [0.29, 0.717) is 54.4 Å². The fraction of sp³-hybridized carbons (Fsp3) is 0.220. The Balaban J connectivity index is 1.16. The van der Waals surface area contributed by atoms with E-state index in [-0.39, 0.29) is 0 Å². The van der Waals surface area contributed by atoms with Crippen LogP contribution in [0.2, 0.25) is 0 Å². The molecule has 7 rings (SSSR count). The number of hydrogen-bond donors (Lipinski definition) is 0. The Morgan fingerprint density at radius 2 is 0.612 bits per heavy atom. The molecule has 4 aromatic rings. The maximum Gasteiger partial charge on any atom is 0.338 e. The van der Waals surface area contributed by atoms with E-state index >= 15 is 0 Å². The van der Waals surface area contributed by atoms with Crippen LogP contribution in [0.1, 0.15) is 73.5 Å². The quantitative estimate of drug-likeness (QED) is 0.142. The van der Waals surface area contributed by atoms with Gasteiger partial charge in [0.2, 0.25) is 0 Å². The van der Waals surface area contributed by atoms with Crippen molar-refractivity contribution in [2.24, 2.45) is 0 Å². The van der Waals surface area contributed by atoms with Crippen molar-refractivity contribution in [2.45, 2.75) is 56.5 Å². The van der Waals surface area contributed by atoms with Crippen LogP contribution in [0, 0.1) is 0 Å². The summed E-state index contributed by atoms with van der Waals surface area (Å²) in [6, 6.07) is 34.9. The van der Waals surface area contributed by atoms with E-state index in [1.807, 2.05) is 24.3 Å². The van der Waals surface area contributed by atoms with Crippen LogP contribution >= 0.6 is 0 Å². The van der Waals surface area contributed by atoms with Crippen LogP contribution in [0.15, 0.2) is 144 Å². The maximum absolute atomic E-state index is 13.3. The summed E-state index contributed by atoms with van der Waals surface area (Å²) in [7, 11) is 0. The number of benzene rings is 4. The fourth-order valence-electron chi connectivity index (χ4n) is 6.83. The lowest BCUT2D eigenvalue weighted by Gasteiger charge is -2.35. The SMILES string of the molecule is O=C(O[C@H]1CC2=C(C[C@@H]1OC(=O)c1ccccc1)C1=C(C2)C[C@H](OC(=O)c2ccccc2)[C@@H](OC(=O)c2ccccc2)C1)c1ccccc1. The summed E-state index contributed by atoms with van der Waals surface area (Å²) < 4.78 is 24.2. The second kappa shape index (κ2) is 14.2. The van der Waals surface area contributed by atoms with Crippen LogP contribution in [0.5, 0.6) is 0 Å². The molecule has 0 aromatic heterocycles. The molecule has 0 spiro atoms. The van der Waals surface area contributed by atoms with Gasteiger partial charge in [-0.2, -0.15) is 0 Å². The minimum Gasteiger partial charge on any atom is -0.454 e. The molecule has 0 heterocycles. The molecule has 0 unspecified atom stereocenters. The lowest BCUT2D eigenvalue weighted by Crippen LogP contribution is -2.40. The first-order chi connectivity index (χ1) is 23.9. The fourth-order valence-corrected chi connectivity index (χ4v) is 6.83. The molecule has 0 fully saturated rings. The third-order valence-electron chi connectivity index (χ3n) is 9.25. The summed E-state index contributed by atoms with van der Waals surface area (Å²) in [4.78, 5) is 52.9. The molecule has 8 nitrogen and oxygen atoms in total. The van der Waals surface area contributed by atoms with E-state index < -0.39 is 48.3 Å². The number of carbonyl (C=O) groups excluding carboxylic acids is 4. The first-order valence-corrected chi connectivity index (χ1v) is 16.4. The molecule has 4 atom stereocenters. The van der Waals surface area contributed by atoms with Gasteiger partial charge >= 0.3 is 23.9 Å². The molecule has 246 valence electrons. The average Bonchev–Trinajstić information content (AvgIpc) is 3.48. The van der Waals surface area contributed by atoms with Gasteiger partial charge in [-0.25, -0.2) is 19.2 Å². The van der Waals surface area contributed by atoms with Crippen LogP contribution in [0.3, 0.4) is 0 Å². The van der Waals surface area contributed by atoms with Gasteiger partial charge in [-0.3, -0.25) is 0 Å². The molecule has 0 aliphatic heterocycles. The van der Waals surface area contributed by atoms with Gasteiger partial charge in [-0.05, 0) is 66.1 Å². The highest BCUT2D eigenvalue weighted by Gasteiger charge is 2.45. The Labute approximate surface area is 284 Å². The normalized spacial score (nSPS) is 21.2. The van der Waals surface area contributed by atoms with E-state index in [1.54, 1.807) is 97.1 Å². The molecule has 49 heavy (non-hydrogen) atoms. The largest absolute Gasteiger partial charge is 0.454 e. The summed E-state index contributed by atoms with van der Waals surface area (Å²) in [6.07, 6.45) is -0.914. The Kier molecular flexibility index (Phi) is 9.19. The van der Waals surface area contributed by atoms with Crippen molar-refractivity contribution in [1.82, 2.24) is 0 Å². The highest BCUT2D eigenvalue weighted by atomic mass is 16.6. The van der Waals surface area contributed by atoms with Gasteiger partial charge in [0.1, 0.15) is 24.4 Å². The zero-order chi connectivity index (χ0) is 33.7. The minimum absolute atomic E-state index is 0.327. The van der Waals surface area contributed by atoms with E-state index in [2.05, 4.69) is 0 Å². The molecule has 3 aliphatic carbocycles. The Morgan fingerprint density at radius 1 is 0.367 bits per heavy atom. The van der Waals surface area contributed by atoms with Gasteiger partial charge in [0.15, 0.2) is 0 Å². The van der Waals surface area contributed by atoms with E-state index in [4.69, 9.17) is 18.9 Å². The van der Waals surface area contributed by atoms with Crippen LogP contribution in [-0.4, -0.2) is 48.3 Å². The molecule has 3 aliphatic rings. The van der Waals surface area contributed by atoms with Gasteiger partial charge < -0.3 is 18.9 Å². The molecule has 0 radical (unpaired) electrons. The molecule has 0 amide bonds. The first kappa shape index (κ1) is 31.8. The van der Waals surface area contributed by atoms with Gasteiger partial charge in [-0.1, -0.05) is 83.9 Å². The molecule has 0 N–H and O–H groups in total. The number of carbonyl (C=O) groups is 4. The topological polar surface area (TPSA) is 105 Å². The van der Waals surface area contributed by atoms with Gasteiger partial charge in [0, 0.05) is 25.7 Å². The second-order valence-corrected chi connectivity index (χ2v) is 12.4. The van der Waals surface area contributed by atoms with Crippen molar-refractivity contribution in [2.75, 3.05) is 0 Å². The van der Waals surface area contributed by atoms with Crippen molar-refractivity contribution in [3.05, 3.63) is 166 Å². The average molecular weight is 655 g/mol. The third kappa shape index (κ3) is 7.09. The third-order valence-corrected chi connectivity index (χ3v) is 9.25. The molecular formula is C41H34O8. The molecule has 8 heteroatoms. The van der Waals surface area contributed by atoms with Crippen LogP contribution in [0.4, 0.5) is 0 Å². The molecule has 4 aromatic carbocycles. The van der Waals surface area contributed by atoms with Crippen LogP contribution in [-0.2, 0) is 18.9 Å². The summed E-state index contributed by atoms with van der Waals surface area (Å²) in [5.74, 6) is -2.00. The summed E-state index contributed by atoms with van der Waals surface area (Å²) in [5.41, 5.74) is 5.79. The molecule has 0 bridgehead atoms. The van der Waals surface area contributed by atoms with Crippen molar-refractivity contribution in [1.29, 1.82) is 0 Å². The molecule has 0 saturated heterocycles. The van der Waals surface area contributed by atoms with Crippen molar-refractivity contribution < 1.29 is 38.1 Å². The van der Waals surface area contributed by atoms with Crippen molar-refractivity contribution >= 4 is 23.9 Å². The maximum atomic E-state index is 13.3. The standard InChI is InChI=1S/C41H34O8/c42-38(26-13-5-1-6-14-26)46-34-22-30-21-31-23-35(47-39(43)27-15-7-2-8-16-27)37(49-41(45)29-19-11-4-12-20-29)25-33(31)32(30)24-36(34)48-40(44)28-17-9-3-10-18-28/h1-20,34-37H,21-25H2/t34-,35-,36-,37-/m0/s1. The molecular weight excluding hydrogens is 620 g/mol. The zero-order valence-corrected chi connectivity index (χ0v) is 26.7. The Morgan fingerprint density at radius 3 is 0.878 bits per heavy atom. The predicted molar refractivity (Wildman–Crippen MR) is 180 cm³/mol. The molecule has 0 saturated carbocycles. The highest BCUT2D eigenvalue weighted by molar-refractivity contribution is 5.91. The lowest BCUT2D eigenvalue weighted by molar-refractivity contribution is -0.0402. The van der Waals surface area contributed by atoms with Gasteiger partial charge in [0.05, 0.1) is 22.3 Å². The van der Waals surface area contributed by atoms with Gasteiger partial charge in [0.25, 0.3) is 0 Å². The monoisotopic (exact) mass is 654 g/mol. The zero-order valence-electron chi connectivity index (χ0n) is 26.7. The Bertz CT molecular complexity index is 1770. The van der Waals surface area contributed by atoms with E-state index in [0.717, 1.165) is 22.3 Å². The summed E-state index contributed by atoms with van der Waals surface area (Å²) >= 11 is 0. The first-order valence-electron chi connectivity index (χ1n) is 16.4. The van der Waals surface area contributed by atoms with E-state index in [9.17, 15) is 19.2 Å². The predicted octanol–water partition coefficient (Wildman–Crippen LogP) is 7.47. The number of esters is 4. The number of hydrogen-bond acceptors (Lipinski definition) is 8. The van der Waals surface area contributed by atoms with Crippen molar-refractivity contribution in [3.63, 3.8) is 0 Å². The Hall–Kier alpha value is -5.76. The summed E-state index contributed by atoms with van der Waals surface area (Å²) in [5, 5.41) is 0. The minimum atomic E-state index is -0.745. The number of rotatable bonds is 8. The highest BCUT2D eigenvalue weighted by Crippen LogP contribution is 2.49. The van der Waals surface area contributed by atoms with E-state index in [1.165, 1.54) is 0 Å². The van der Waals surface area contributed by atoms with Gasteiger partial charge in [-0.15, -0.1) is 0 Å². The number of fused-ring (bicyclic) bond motifs is 1.